The van der Waals surface area contributed by atoms with Gasteiger partial charge in [0.2, 0.25) is 5.88 Å². The number of halogens is 2. The van der Waals surface area contributed by atoms with Crippen LogP contribution in [-0.4, -0.2) is 29.4 Å². The van der Waals surface area contributed by atoms with Crippen LogP contribution in [0.2, 0.25) is 10.0 Å². The molecule has 3 aromatic rings. The molecule has 2 aromatic carbocycles. The zero-order valence-corrected chi connectivity index (χ0v) is 15.7. The highest BCUT2D eigenvalue weighted by molar-refractivity contribution is 6.42. The van der Waals surface area contributed by atoms with E-state index in [1.165, 1.54) is 0 Å². The van der Waals surface area contributed by atoms with E-state index < -0.39 is 0 Å². The Hall–Kier alpha value is -2.83. The number of hydrogen-bond donors (Lipinski definition) is 2. The summed E-state index contributed by atoms with van der Waals surface area (Å²) in [6.45, 7) is 0.559. The number of aromatic nitrogens is 2. The first kappa shape index (κ1) is 18.9. The van der Waals surface area contributed by atoms with Crippen LogP contribution in [0.15, 0.2) is 60.7 Å². The summed E-state index contributed by atoms with van der Waals surface area (Å²) < 4.78 is 5.48. The summed E-state index contributed by atoms with van der Waals surface area (Å²) in [4.78, 5) is 11.8. The summed E-state index contributed by atoms with van der Waals surface area (Å²) >= 11 is 11.7. The topological polar surface area (TPSA) is 76.1 Å². The highest BCUT2D eigenvalue weighted by Gasteiger charge is 2.05. The first-order valence-electron chi connectivity index (χ1n) is 8.14. The fourth-order valence-electron chi connectivity index (χ4n) is 2.23. The molecule has 0 spiro atoms. The second-order valence-corrected chi connectivity index (χ2v) is 6.30. The maximum absolute atomic E-state index is 11.8. The molecule has 0 saturated heterocycles. The summed E-state index contributed by atoms with van der Waals surface area (Å²) in [7, 11) is 0. The molecule has 2 N–H and O–H groups in total. The molecule has 2 amide bonds. The van der Waals surface area contributed by atoms with E-state index in [0.717, 1.165) is 11.3 Å². The molecule has 0 bridgehead atoms. The van der Waals surface area contributed by atoms with Crippen LogP contribution in [0.5, 0.6) is 5.88 Å². The standard InChI is InChI=1S/C19H16Cl2N4O2/c20-15-7-6-14(12-16(15)21)23-19(26)22-10-11-27-18-9-8-17(24-25-18)13-4-2-1-3-5-13/h1-9,12H,10-11H2,(H2,22,23,26). The molecule has 0 fully saturated rings. The van der Waals surface area contributed by atoms with Crippen molar-refractivity contribution in [3.8, 4) is 17.1 Å². The Balaban J connectivity index is 1.42. The van der Waals surface area contributed by atoms with Gasteiger partial charge in [0.05, 0.1) is 22.3 Å². The third-order valence-electron chi connectivity index (χ3n) is 3.52. The predicted molar refractivity (Wildman–Crippen MR) is 106 cm³/mol. The fraction of sp³-hybridized carbons (Fsp3) is 0.105. The van der Waals surface area contributed by atoms with E-state index >= 15 is 0 Å². The minimum Gasteiger partial charge on any atom is -0.475 e. The van der Waals surface area contributed by atoms with Crippen molar-refractivity contribution in [3.63, 3.8) is 0 Å². The summed E-state index contributed by atoms with van der Waals surface area (Å²) in [5, 5.41) is 14.3. The monoisotopic (exact) mass is 402 g/mol. The SMILES string of the molecule is O=C(NCCOc1ccc(-c2ccccc2)nn1)Nc1ccc(Cl)c(Cl)c1. The highest BCUT2D eigenvalue weighted by atomic mass is 35.5. The lowest BCUT2D eigenvalue weighted by atomic mass is 10.1. The molecule has 1 aromatic heterocycles. The van der Waals surface area contributed by atoms with Crippen molar-refractivity contribution in [2.75, 3.05) is 18.5 Å². The lowest BCUT2D eigenvalue weighted by Gasteiger charge is -2.09. The molecule has 8 heteroatoms. The Morgan fingerprint density at radius 1 is 0.963 bits per heavy atom. The molecule has 6 nitrogen and oxygen atoms in total. The zero-order chi connectivity index (χ0) is 19.1. The van der Waals surface area contributed by atoms with Gasteiger partial charge in [-0.05, 0) is 24.3 Å². The number of carbonyl (C=O) groups is 1. The summed E-state index contributed by atoms with van der Waals surface area (Å²) in [5.41, 5.74) is 2.30. The lowest BCUT2D eigenvalue weighted by Crippen LogP contribution is -2.32. The van der Waals surface area contributed by atoms with E-state index in [2.05, 4.69) is 20.8 Å². The van der Waals surface area contributed by atoms with Crippen molar-refractivity contribution < 1.29 is 9.53 Å². The predicted octanol–water partition coefficient (Wildman–Crippen LogP) is 4.65. The van der Waals surface area contributed by atoms with Crippen molar-refractivity contribution in [2.45, 2.75) is 0 Å². The van der Waals surface area contributed by atoms with Gasteiger partial charge in [-0.2, -0.15) is 0 Å². The average Bonchev–Trinajstić information content (AvgIpc) is 2.69. The van der Waals surface area contributed by atoms with Crippen molar-refractivity contribution in [3.05, 3.63) is 70.7 Å². The molecule has 3 rings (SSSR count). The van der Waals surface area contributed by atoms with Crippen LogP contribution in [0, 0.1) is 0 Å². The van der Waals surface area contributed by atoms with Gasteiger partial charge in [0.1, 0.15) is 6.61 Å². The van der Waals surface area contributed by atoms with Gasteiger partial charge in [0.15, 0.2) is 0 Å². The number of nitrogens with one attached hydrogen (secondary N) is 2. The van der Waals surface area contributed by atoms with E-state index in [1.54, 1.807) is 24.3 Å². The maximum atomic E-state index is 11.8. The Morgan fingerprint density at radius 2 is 1.78 bits per heavy atom. The van der Waals surface area contributed by atoms with Crippen LogP contribution in [-0.2, 0) is 0 Å². The Labute approximate surface area is 166 Å². The molecule has 0 saturated carbocycles. The van der Waals surface area contributed by atoms with Crippen LogP contribution in [0.1, 0.15) is 0 Å². The molecule has 0 atom stereocenters. The van der Waals surface area contributed by atoms with E-state index in [4.69, 9.17) is 27.9 Å². The fourth-order valence-corrected chi connectivity index (χ4v) is 2.53. The first-order chi connectivity index (χ1) is 13.1. The summed E-state index contributed by atoms with van der Waals surface area (Å²) in [6, 6.07) is 17.8. The van der Waals surface area contributed by atoms with Crippen LogP contribution in [0.25, 0.3) is 11.3 Å². The van der Waals surface area contributed by atoms with Crippen molar-refractivity contribution >= 4 is 34.9 Å². The van der Waals surface area contributed by atoms with E-state index in [0.29, 0.717) is 28.2 Å². The van der Waals surface area contributed by atoms with Crippen molar-refractivity contribution in [1.82, 2.24) is 15.5 Å². The number of hydrogen-bond acceptors (Lipinski definition) is 4. The Bertz CT molecular complexity index is 905. The number of urea groups is 1. The van der Waals surface area contributed by atoms with E-state index in [1.807, 2.05) is 36.4 Å². The molecule has 138 valence electrons. The smallest absolute Gasteiger partial charge is 0.319 e. The minimum atomic E-state index is -0.373. The Morgan fingerprint density at radius 3 is 2.48 bits per heavy atom. The van der Waals surface area contributed by atoms with Gasteiger partial charge in [-0.15, -0.1) is 10.2 Å². The normalized spacial score (nSPS) is 10.3. The maximum Gasteiger partial charge on any atom is 0.319 e. The van der Waals surface area contributed by atoms with Crippen LogP contribution < -0.4 is 15.4 Å². The van der Waals surface area contributed by atoms with Crippen molar-refractivity contribution in [1.29, 1.82) is 0 Å². The molecule has 1 heterocycles. The second kappa shape index (κ2) is 9.21. The molecular formula is C19H16Cl2N4O2. The molecule has 0 aliphatic carbocycles. The summed E-state index contributed by atoms with van der Waals surface area (Å²) in [6.07, 6.45) is 0. The quantitative estimate of drug-likeness (QED) is 0.588. The number of amides is 2. The average molecular weight is 403 g/mol. The minimum absolute atomic E-state index is 0.258. The lowest BCUT2D eigenvalue weighted by molar-refractivity contribution is 0.246. The number of ether oxygens (including phenoxy) is 1. The first-order valence-corrected chi connectivity index (χ1v) is 8.89. The van der Waals surface area contributed by atoms with Crippen LogP contribution in [0.3, 0.4) is 0 Å². The van der Waals surface area contributed by atoms with Gasteiger partial charge >= 0.3 is 6.03 Å². The zero-order valence-electron chi connectivity index (χ0n) is 14.2. The molecular weight excluding hydrogens is 387 g/mol. The molecule has 0 aliphatic heterocycles. The number of nitrogens with zero attached hydrogens (tertiary/aromatic N) is 2. The largest absolute Gasteiger partial charge is 0.475 e. The van der Waals surface area contributed by atoms with Gasteiger partial charge in [-0.25, -0.2) is 4.79 Å². The van der Waals surface area contributed by atoms with Gasteiger partial charge < -0.3 is 15.4 Å². The third-order valence-corrected chi connectivity index (χ3v) is 4.26. The number of benzene rings is 2. The Kier molecular flexibility index (Phi) is 6.46. The highest BCUT2D eigenvalue weighted by Crippen LogP contribution is 2.24. The summed E-state index contributed by atoms with van der Waals surface area (Å²) in [5.74, 6) is 0.390. The molecule has 0 radical (unpaired) electrons. The van der Waals surface area contributed by atoms with Gasteiger partial charge in [0.25, 0.3) is 0 Å². The number of rotatable bonds is 6. The van der Waals surface area contributed by atoms with E-state index in [9.17, 15) is 4.79 Å². The van der Waals surface area contributed by atoms with Gasteiger partial charge in [-0.1, -0.05) is 53.5 Å². The van der Waals surface area contributed by atoms with E-state index in [-0.39, 0.29) is 12.6 Å². The van der Waals surface area contributed by atoms with Crippen molar-refractivity contribution in [2.24, 2.45) is 0 Å². The molecule has 0 aliphatic rings. The van der Waals surface area contributed by atoms with Crippen LogP contribution >= 0.6 is 23.2 Å². The number of carbonyl (C=O) groups excluding carboxylic acids is 1. The molecule has 27 heavy (non-hydrogen) atoms. The third kappa shape index (κ3) is 5.57. The van der Waals surface area contributed by atoms with Gasteiger partial charge in [0, 0.05) is 17.3 Å². The van der Waals surface area contributed by atoms with Crippen LogP contribution in [0.4, 0.5) is 10.5 Å². The number of anilines is 1. The van der Waals surface area contributed by atoms with Gasteiger partial charge in [-0.3, -0.25) is 0 Å². The molecule has 0 unspecified atom stereocenters. The second-order valence-electron chi connectivity index (χ2n) is 5.48.